The van der Waals surface area contributed by atoms with Crippen molar-refractivity contribution in [2.24, 2.45) is 0 Å². The third-order valence-corrected chi connectivity index (χ3v) is 2.92. The number of non-ortho nitro benzene ring substituents is 1. The molecule has 0 spiro atoms. The largest absolute Gasteiger partial charge is 0.368 e. The van der Waals surface area contributed by atoms with E-state index in [2.05, 4.69) is 0 Å². The Bertz CT molecular complexity index is 410. The molecule has 0 N–H and O–H groups in total. The van der Waals surface area contributed by atoms with Crippen LogP contribution in [0.3, 0.4) is 0 Å². The van der Waals surface area contributed by atoms with Gasteiger partial charge in [0.25, 0.3) is 5.69 Å². The van der Waals surface area contributed by atoms with E-state index in [-0.39, 0.29) is 16.4 Å². The van der Waals surface area contributed by atoms with E-state index in [9.17, 15) is 14.5 Å². The molecule has 86 valence electrons. The van der Waals surface area contributed by atoms with Crippen molar-refractivity contribution in [2.45, 2.75) is 12.8 Å². The molecule has 4 nitrogen and oxygen atoms in total. The Hall–Kier alpha value is -1.36. The molecule has 16 heavy (non-hydrogen) atoms. The molecule has 0 bridgehead atoms. The number of anilines is 1. The molecule has 6 heteroatoms. The number of nitro benzene ring substituents is 1. The van der Waals surface area contributed by atoms with Crippen LogP contribution >= 0.6 is 11.6 Å². The lowest BCUT2D eigenvalue weighted by molar-refractivity contribution is -0.385. The summed E-state index contributed by atoms with van der Waals surface area (Å²) in [7, 11) is 0. The predicted molar refractivity (Wildman–Crippen MR) is 59.5 cm³/mol. The third-order valence-electron chi connectivity index (χ3n) is 2.63. The Morgan fingerprint density at radius 1 is 1.38 bits per heavy atom. The van der Waals surface area contributed by atoms with Gasteiger partial charge in [0, 0.05) is 19.2 Å². The highest BCUT2D eigenvalue weighted by molar-refractivity contribution is 6.33. The van der Waals surface area contributed by atoms with E-state index in [0.717, 1.165) is 32.0 Å². The number of halogens is 2. The van der Waals surface area contributed by atoms with E-state index >= 15 is 0 Å². The Morgan fingerprint density at radius 2 is 2.00 bits per heavy atom. The summed E-state index contributed by atoms with van der Waals surface area (Å²) in [5.74, 6) is -0.624. The minimum atomic E-state index is -0.650. The highest BCUT2D eigenvalue weighted by Crippen LogP contribution is 2.34. The molecule has 0 saturated carbocycles. The van der Waals surface area contributed by atoms with E-state index in [1.165, 1.54) is 6.07 Å². The molecular formula is C10H10ClFN2O2. The van der Waals surface area contributed by atoms with Gasteiger partial charge in [-0.3, -0.25) is 10.1 Å². The van der Waals surface area contributed by atoms with Crippen LogP contribution in [0.25, 0.3) is 0 Å². The van der Waals surface area contributed by atoms with Crippen LogP contribution in [0, 0.1) is 15.9 Å². The fourth-order valence-corrected chi connectivity index (χ4v) is 2.22. The Kier molecular flexibility index (Phi) is 2.96. The summed E-state index contributed by atoms with van der Waals surface area (Å²) in [6.07, 6.45) is 1.99. The SMILES string of the molecule is O=[N+]([O-])c1cc(F)c(N2CCCC2)c(Cl)c1. The molecule has 0 amide bonds. The van der Waals surface area contributed by atoms with Gasteiger partial charge in [0.05, 0.1) is 21.7 Å². The van der Waals surface area contributed by atoms with Crippen molar-refractivity contribution >= 4 is 23.0 Å². The van der Waals surface area contributed by atoms with Crippen molar-refractivity contribution in [1.82, 2.24) is 0 Å². The van der Waals surface area contributed by atoms with Crippen molar-refractivity contribution in [3.05, 3.63) is 33.1 Å². The minimum absolute atomic E-state index is 0.105. The zero-order valence-corrected chi connectivity index (χ0v) is 9.21. The summed E-state index contributed by atoms with van der Waals surface area (Å²) >= 11 is 5.87. The fourth-order valence-electron chi connectivity index (χ4n) is 1.90. The lowest BCUT2D eigenvalue weighted by Gasteiger charge is -2.19. The quantitative estimate of drug-likeness (QED) is 0.594. The van der Waals surface area contributed by atoms with Gasteiger partial charge in [-0.05, 0) is 12.8 Å². The summed E-state index contributed by atoms with van der Waals surface area (Å²) in [4.78, 5) is 11.7. The molecule has 0 aromatic heterocycles. The number of nitrogens with zero attached hydrogens (tertiary/aromatic N) is 2. The van der Waals surface area contributed by atoms with Crippen LogP contribution in [-0.4, -0.2) is 18.0 Å². The van der Waals surface area contributed by atoms with Crippen LogP contribution in [0.1, 0.15) is 12.8 Å². The maximum absolute atomic E-state index is 13.7. The molecule has 1 aliphatic heterocycles. The van der Waals surface area contributed by atoms with Crippen molar-refractivity contribution in [3.8, 4) is 0 Å². The van der Waals surface area contributed by atoms with E-state index in [1.54, 1.807) is 0 Å². The fraction of sp³-hybridized carbons (Fsp3) is 0.400. The summed E-state index contributed by atoms with van der Waals surface area (Å²) < 4.78 is 13.7. The topological polar surface area (TPSA) is 46.4 Å². The van der Waals surface area contributed by atoms with Crippen molar-refractivity contribution in [3.63, 3.8) is 0 Å². The van der Waals surface area contributed by atoms with Crippen LogP contribution in [0.4, 0.5) is 15.8 Å². The first-order valence-corrected chi connectivity index (χ1v) is 5.36. The van der Waals surface area contributed by atoms with Crippen LogP contribution in [0.2, 0.25) is 5.02 Å². The smallest absolute Gasteiger partial charge is 0.274 e. The molecule has 0 atom stereocenters. The molecular weight excluding hydrogens is 235 g/mol. The van der Waals surface area contributed by atoms with Crippen LogP contribution < -0.4 is 4.90 Å². The number of nitro groups is 1. The number of benzene rings is 1. The molecule has 2 rings (SSSR count). The van der Waals surface area contributed by atoms with Crippen LogP contribution in [-0.2, 0) is 0 Å². The molecule has 0 unspecified atom stereocenters. The standard InChI is InChI=1S/C10H10ClFN2O2/c11-8-5-7(14(15)16)6-9(12)10(8)13-3-1-2-4-13/h5-6H,1-4H2. The average molecular weight is 245 g/mol. The van der Waals surface area contributed by atoms with E-state index in [1.807, 2.05) is 4.90 Å². The van der Waals surface area contributed by atoms with E-state index < -0.39 is 10.7 Å². The van der Waals surface area contributed by atoms with Crippen LogP contribution in [0.15, 0.2) is 12.1 Å². The highest BCUT2D eigenvalue weighted by atomic mass is 35.5. The van der Waals surface area contributed by atoms with Gasteiger partial charge >= 0.3 is 0 Å². The van der Waals surface area contributed by atoms with Crippen molar-refractivity contribution in [2.75, 3.05) is 18.0 Å². The summed E-state index contributed by atoms with van der Waals surface area (Å²) in [5.41, 5.74) is -0.0322. The second kappa shape index (κ2) is 4.25. The lowest BCUT2D eigenvalue weighted by atomic mass is 10.2. The number of hydrogen-bond donors (Lipinski definition) is 0. The Balaban J connectivity index is 2.42. The van der Waals surface area contributed by atoms with Crippen LogP contribution in [0.5, 0.6) is 0 Å². The molecule has 1 aromatic carbocycles. The van der Waals surface area contributed by atoms with Crippen molar-refractivity contribution in [1.29, 1.82) is 0 Å². The van der Waals surface area contributed by atoms with E-state index in [0.29, 0.717) is 0 Å². The Labute approximate surface area is 96.8 Å². The van der Waals surface area contributed by atoms with Gasteiger partial charge in [0.15, 0.2) is 5.82 Å². The first-order valence-electron chi connectivity index (χ1n) is 4.98. The first kappa shape index (κ1) is 11.1. The van der Waals surface area contributed by atoms with Gasteiger partial charge in [0.2, 0.25) is 0 Å². The molecule has 1 heterocycles. The summed E-state index contributed by atoms with van der Waals surface area (Å²) in [6, 6.07) is 2.11. The lowest BCUT2D eigenvalue weighted by Crippen LogP contribution is -2.19. The van der Waals surface area contributed by atoms with Crippen molar-refractivity contribution < 1.29 is 9.31 Å². The summed E-state index contributed by atoms with van der Waals surface area (Å²) in [6.45, 7) is 1.49. The van der Waals surface area contributed by atoms with Gasteiger partial charge in [-0.15, -0.1) is 0 Å². The zero-order chi connectivity index (χ0) is 11.7. The van der Waals surface area contributed by atoms with Gasteiger partial charge in [-0.2, -0.15) is 0 Å². The second-order valence-corrected chi connectivity index (χ2v) is 4.12. The minimum Gasteiger partial charge on any atom is -0.368 e. The number of hydrogen-bond acceptors (Lipinski definition) is 3. The Morgan fingerprint density at radius 3 is 2.50 bits per heavy atom. The zero-order valence-electron chi connectivity index (χ0n) is 8.45. The van der Waals surface area contributed by atoms with Gasteiger partial charge in [-0.1, -0.05) is 11.6 Å². The number of rotatable bonds is 2. The maximum atomic E-state index is 13.7. The summed E-state index contributed by atoms with van der Waals surface area (Å²) in [5, 5.41) is 10.6. The molecule has 0 aliphatic carbocycles. The highest BCUT2D eigenvalue weighted by Gasteiger charge is 2.22. The second-order valence-electron chi connectivity index (χ2n) is 3.71. The van der Waals surface area contributed by atoms with Gasteiger partial charge in [0.1, 0.15) is 0 Å². The van der Waals surface area contributed by atoms with E-state index in [4.69, 9.17) is 11.6 Å². The monoisotopic (exact) mass is 244 g/mol. The molecule has 1 saturated heterocycles. The van der Waals surface area contributed by atoms with Gasteiger partial charge in [-0.25, -0.2) is 4.39 Å². The predicted octanol–water partition coefficient (Wildman–Crippen LogP) is 2.99. The average Bonchev–Trinajstić information content (AvgIpc) is 2.69. The maximum Gasteiger partial charge on any atom is 0.274 e. The third kappa shape index (κ3) is 1.95. The normalized spacial score (nSPS) is 15.5. The van der Waals surface area contributed by atoms with Gasteiger partial charge < -0.3 is 4.90 Å². The molecule has 1 fully saturated rings. The molecule has 1 aromatic rings. The first-order chi connectivity index (χ1) is 7.59. The molecule has 0 radical (unpaired) electrons. The molecule has 1 aliphatic rings.